The van der Waals surface area contributed by atoms with Crippen molar-refractivity contribution in [2.24, 2.45) is 0 Å². The van der Waals surface area contributed by atoms with Crippen LogP contribution in [0.1, 0.15) is 10.5 Å². The number of aromatic carboxylic acids is 1. The van der Waals surface area contributed by atoms with Gasteiger partial charge in [0.15, 0.2) is 10.8 Å². The van der Waals surface area contributed by atoms with E-state index in [1.807, 2.05) is 0 Å². The van der Waals surface area contributed by atoms with Crippen molar-refractivity contribution in [2.75, 3.05) is 0 Å². The molecule has 0 bridgehead atoms. The van der Waals surface area contributed by atoms with Gasteiger partial charge in [-0.05, 0) is 11.6 Å². The second kappa shape index (κ2) is 3.43. The van der Waals surface area contributed by atoms with E-state index in [4.69, 9.17) is 39.9 Å². The highest BCUT2D eigenvalue weighted by Gasteiger charge is 2.15. The monoisotopic (exact) mass is 226 g/mol. The lowest BCUT2D eigenvalue weighted by molar-refractivity contribution is 0.0690. The molecule has 0 atom stereocenters. The molecule has 1 rings (SSSR count). The van der Waals surface area contributed by atoms with Gasteiger partial charge in [0, 0.05) is 0 Å². The van der Waals surface area contributed by atoms with E-state index in [9.17, 15) is 4.79 Å². The number of carboxylic acids is 1. The summed E-state index contributed by atoms with van der Waals surface area (Å²) < 4.78 is 0. The molecule has 64 valence electrons. The van der Waals surface area contributed by atoms with Crippen LogP contribution < -0.4 is 0 Å². The summed E-state index contributed by atoms with van der Waals surface area (Å²) in [6.07, 6.45) is 0. The molecule has 1 aromatic heterocycles. The van der Waals surface area contributed by atoms with Crippen molar-refractivity contribution in [2.45, 2.75) is 0 Å². The summed E-state index contributed by atoms with van der Waals surface area (Å²) in [6, 6.07) is 0. The summed E-state index contributed by atoms with van der Waals surface area (Å²) in [7, 11) is 0. The van der Waals surface area contributed by atoms with Crippen LogP contribution in [0.3, 0.4) is 0 Å². The minimum Gasteiger partial charge on any atom is -0.476 e. The van der Waals surface area contributed by atoms with Crippen molar-refractivity contribution >= 4 is 40.8 Å². The number of hydrogen-bond acceptors (Lipinski definition) is 3. The van der Waals surface area contributed by atoms with E-state index in [-0.39, 0.29) is 15.5 Å². The first-order chi connectivity index (χ1) is 5.52. The minimum atomic E-state index is -1.30. The fourth-order valence-corrected chi connectivity index (χ4v) is 1.08. The molecule has 4 nitrogen and oxygen atoms in total. The Hall–Kier alpha value is -0.580. The molecule has 0 aromatic carbocycles. The lowest BCUT2D eigenvalue weighted by atomic mass is 10.4. The van der Waals surface area contributed by atoms with Crippen molar-refractivity contribution in [3.63, 3.8) is 0 Å². The molecular weight excluding hydrogens is 226 g/mol. The standard InChI is InChI=1S/C5HCl3N2O2/c6-1-2(4(11)12)9-5(8)10-3(1)7/h(H,11,12). The maximum absolute atomic E-state index is 10.4. The largest absolute Gasteiger partial charge is 0.476 e. The fourth-order valence-electron chi connectivity index (χ4n) is 0.536. The average Bonchev–Trinajstić information content (AvgIpc) is 1.96. The van der Waals surface area contributed by atoms with Gasteiger partial charge in [-0.25, -0.2) is 14.8 Å². The minimum absolute atomic E-state index is 0.172. The first kappa shape index (κ1) is 9.51. The Morgan fingerprint density at radius 2 is 1.83 bits per heavy atom. The number of halogens is 3. The Morgan fingerprint density at radius 1 is 1.25 bits per heavy atom. The van der Waals surface area contributed by atoms with Crippen LogP contribution in [0.25, 0.3) is 0 Å². The van der Waals surface area contributed by atoms with E-state index in [1.54, 1.807) is 0 Å². The van der Waals surface area contributed by atoms with Crippen molar-refractivity contribution in [3.05, 3.63) is 21.2 Å². The predicted molar refractivity (Wildman–Crippen MR) is 44.0 cm³/mol. The number of aromatic nitrogens is 2. The van der Waals surface area contributed by atoms with Crippen LogP contribution in [0.5, 0.6) is 0 Å². The Labute approximate surface area is 82.1 Å². The van der Waals surface area contributed by atoms with E-state index in [0.717, 1.165) is 0 Å². The molecule has 0 saturated heterocycles. The molecule has 0 aliphatic rings. The molecule has 0 saturated carbocycles. The summed E-state index contributed by atoms with van der Waals surface area (Å²) >= 11 is 16.2. The van der Waals surface area contributed by atoms with Gasteiger partial charge in [0.1, 0.15) is 5.02 Å². The zero-order valence-electron chi connectivity index (χ0n) is 5.38. The normalized spacial score (nSPS) is 9.92. The van der Waals surface area contributed by atoms with Gasteiger partial charge in [0.25, 0.3) is 0 Å². The quantitative estimate of drug-likeness (QED) is 0.590. The van der Waals surface area contributed by atoms with Crippen molar-refractivity contribution in [1.29, 1.82) is 0 Å². The Bertz CT molecular complexity index is 342. The van der Waals surface area contributed by atoms with E-state index < -0.39 is 11.7 Å². The molecule has 0 aliphatic heterocycles. The molecule has 12 heavy (non-hydrogen) atoms. The van der Waals surface area contributed by atoms with Gasteiger partial charge in [-0.3, -0.25) is 0 Å². The SMILES string of the molecule is O=C(O)c1nc(Cl)nc(Cl)c1Cl. The average molecular weight is 227 g/mol. The van der Waals surface area contributed by atoms with E-state index in [0.29, 0.717) is 0 Å². The molecular formula is C5HCl3N2O2. The van der Waals surface area contributed by atoms with Crippen LogP contribution in [-0.4, -0.2) is 21.0 Å². The van der Waals surface area contributed by atoms with Gasteiger partial charge in [-0.15, -0.1) is 0 Å². The van der Waals surface area contributed by atoms with Crippen LogP contribution in [-0.2, 0) is 0 Å². The summed E-state index contributed by atoms with van der Waals surface area (Å²) in [6.45, 7) is 0. The molecule has 0 spiro atoms. The third kappa shape index (κ3) is 1.77. The van der Waals surface area contributed by atoms with Crippen LogP contribution in [0.4, 0.5) is 0 Å². The van der Waals surface area contributed by atoms with Crippen molar-refractivity contribution in [1.82, 2.24) is 9.97 Å². The maximum atomic E-state index is 10.4. The van der Waals surface area contributed by atoms with Gasteiger partial charge in [-0.1, -0.05) is 23.2 Å². The van der Waals surface area contributed by atoms with Crippen LogP contribution in [0.15, 0.2) is 0 Å². The van der Waals surface area contributed by atoms with Crippen LogP contribution >= 0.6 is 34.8 Å². The lowest BCUT2D eigenvalue weighted by Crippen LogP contribution is -2.03. The van der Waals surface area contributed by atoms with Crippen LogP contribution in [0.2, 0.25) is 15.5 Å². The Kier molecular flexibility index (Phi) is 2.72. The molecule has 0 amide bonds. The number of carboxylic acid groups (broad SMARTS) is 1. The molecule has 1 heterocycles. The van der Waals surface area contributed by atoms with Crippen molar-refractivity contribution < 1.29 is 9.90 Å². The summed E-state index contributed by atoms with van der Waals surface area (Å²) in [5, 5.41) is 7.89. The van der Waals surface area contributed by atoms with E-state index >= 15 is 0 Å². The molecule has 0 radical (unpaired) electrons. The first-order valence-corrected chi connectivity index (χ1v) is 3.77. The summed E-state index contributed by atoms with van der Waals surface area (Å²) in [4.78, 5) is 17.2. The second-order valence-electron chi connectivity index (χ2n) is 1.75. The fraction of sp³-hybridized carbons (Fsp3) is 0. The van der Waals surface area contributed by atoms with Crippen molar-refractivity contribution in [3.8, 4) is 0 Å². The molecule has 1 N–H and O–H groups in total. The highest BCUT2D eigenvalue weighted by molar-refractivity contribution is 6.43. The molecule has 1 aromatic rings. The van der Waals surface area contributed by atoms with Gasteiger partial charge < -0.3 is 5.11 Å². The highest BCUT2D eigenvalue weighted by Crippen LogP contribution is 2.23. The van der Waals surface area contributed by atoms with E-state index in [1.165, 1.54) is 0 Å². The van der Waals surface area contributed by atoms with Gasteiger partial charge in [0.05, 0.1) is 0 Å². The third-order valence-electron chi connectivity index (χ3n) is 0.986. The lowest BCUT2D eigenvalue weighted by Gasteiger charge is -1.98. The predicted octanol–water partition coefficient (Wildman–Crippen LogP) is 2.13. The third-order valence-corrected chi connectivity index (χ3v) is 1.88. The Balaban J connectivity index is 3.37. The summed E-state index contributed by atoms with van der Waals surface area (Å²) in [5.74, 6) is -1.30. The molecule has 0 aliphatic carbocycles. The smallest absolute Gasteiger partial charge is 0.356 e. The molecule has 0 unspecified atom stereocenters. The second-order valence-corrected chi connectivity index (χ2v) is 2.83. The van der Waals surface area contributed by atoms with Crippen LogP contribution in [0, 0.1) is 0 Å². The number of hydrogen-bond donors (Lipinski definition) is 1. The Morgan fingerprint density at radius 3 is 2.33 bits per heavy atom. The zero-order valence-corrected chi connectivity index (χ0v) is 7.65. The number of nitrogens with zero attached hydrogens (tertiary/aromatic N) is 2. The van der Waals surface area contributed by atoms with Gasteiger partial charge in [0.2, 0.25) is 5.28 Å². The number of rotatable bonds is 1. The number of carbonyl (C=O) groups is 1. The summed E-state index contributed by atoms with van der Waals surface area (Å²) in [5.41, 5.74) is -0.401. The topological polar surface area (TPSA) is 63.1 Å². The first-order valence-electron chi connectivity index (χ1n) is 2.64. The highest BCUT2D eigenvalue weighted by atomic mass is 35.5. The van der Waals surface area contributed by atoms with Gasteiger partial charge in [-0.2, -0.15) is 0 Å². The molecule has 0 fully saturated rings. The van der Waals surface area contributed by atoms with E-state index in [2.05, 4.69) is 9.97 Å². The zero-order chi connectivity index (χ0) is 9.30. The van der Waals surface area contributed by atoms with Gasteiger partial charge >= 0.3 is 5.97 Å². The maximum Gasteiger partial charge on any atom is 0.356 e. The molecule has 7 heteroatoms.